The van der Waals surface area contributed by atoms with Crippen LogP contribution in [0.4, 0.5) is 0 Å². The summed E-state index contributed by atoms with van der Waals surface area (Å²) in [6.45, 7) is -0.0571. The Morgan fingerprint density at radius 3 is 3.11 bits per heavy atom. The average Bonchev–Trinajstić information content (AvgIpc) is 2.80. The van der Waals surface area contributed by atoms with Crippen LogP contribution in [0, 0.1) is 0 Å². The molecule has 2 heterocycles. The number of fused-ring (bicyclic) bond motifs is 1. The van der Waals surface area contributed by atoms with Gasteiger partial charge in [-0.05, 0) is 17.7 Å². The minimum Gasteiger partial charge on any atom is -0.439 e. The van der Waals surface area contributed by atoms with E-state index in [-0.39, 0.29) is 12.3 Å². The summed E-state index contributed by atoms with van der Waals surface area (Å²) in [6.07, 6.45) is 1.34. The van der Waals surface area contributed by atoms with Gasteiger partial charge >= 0.3 is 5.69 Å². The zero-order chi connectivity index (χ0) is 13.2. The van der Waals surface area contributed by atoms with E-state index in [1.165, 1.54) is 10.7 Å². The highest BCUT2D eigenvalue weighted by Crippen LogP contribution is 2.20. The fourth-order valence-corrected chi connectivity index (χ4v) is 1.68. The summed E-state index contributed by atoms with van der Waals surface area (Å²) < 4.78 is 6.82. The standard InChI is InChI=1S/C12H10N4O3/c17-6-8-2-1-3-9(4-8)19-11-5-10-14-15-12(18)16(10)7-13-11/h1-5,7,17H,6H2,(H,15,18). The summed E-state index contributed by atoms with van der Waals surface area (Å²) in [5, 5.41) is 15.2. The van der Waals surface area contributed by atoms with Crippen LogP contribution < -0.4 is 10.4 Å². The van der Waals surface area contributed by atoms with Gasteiger partial charge in [0.25, 0.3) is 0 Å². The van der Waals surface area contributed by atoms with E-state index >= 15 is 0 Å². The quantitative estimate of drug-likeness (QED) is 0.721. The van der Waals surface area contributed by atoms with Gasteiger partial charge in [0.1, 0.15) is 12.1 Å². The number of ether oxygens (including phenoxy) is 1. The summed E-state index contributed by atoms with van der Waals surface area (Å²) in [6, 6.07) is 8.57. The first kappa shape index (κ1) is 11.4. The molecule has 0 amide bonds. The molecule has 1 aromatic carbocycles. The molecule has 0 bridgehead atoms. The lowest BCUT2D eigenvalue weighted by Crippen LogP contribution is -2.09. The van der Waals surface area contributed by atoms with Crippen LogP contribution >= 0.6 is 0 Å². The molecule has 0 fully saturated rings. The summed E-state index contributed by atoms with van der Waals surface area (Å²) >= 11 is 0. The highest BCUT2D eigenvalue weighted by atomic mass is 16.5. The maximum absolute atomic E-state index is 11.3. The SMILES string of the molecule is O=c1[nH]nc2cc(Oc3cccc(CO)c3)ncn12. The second-order valence-corrected chi connectivity index (χ2v) is 3.89. The Balaban J connectivity index is 1.94. The number of nitrogens with one attached hydrogen (secondary N) is 1. The number of aliphatic hydroxyl groups is 1. The first-order chi connectivity index (χ1) is 9.26. The second kappa shape index (κ2) is 4.54. The number of benzene rings is 1. The van der Waals surface area contributed by atoms with Crippen molar-refractivity contribution < 1.29 is 9.84 Å². The fraction of sp³-hybridized carbons (Fsp3) is 0.0833. The predicted octanol–water partition coefficient (Wildman–Crippen LogP) is 0.702. The van der Waals surface area contributed by atoms with Crippen LogP contribution in [0.2, 0.25) is 0 Å². The molecule has 7 heteroatoms. The Morgan fingerprint density at radius 2 is 2.26 bits per heavy atom. The predicted molar refractivity (Wildman–Crippen MR) is 66.0 cm³/mol. The van der Waals surface area contributed by atoms with E-state index < -0.39 is 0 Å². The van der Waals surface area contributed by atoms with Gasteiger partial charge in [-0.3, -0.25) is 0 Å². The van der Waals surface area contributed by atoms with Gasteiger partial charge in [-0.25, -0.2) is 19.3 Å². The van der Waals surface area contributed by atoms with Crippen molar-refractivity contribution in [2.24, 2.45) is 0 Å². The lowest BCUT2D eigenvalue weighted by atomic mass is 10.2. The number of hydrogen-bond donors (Lipinski definition) is 2. The van der Waals surface area contributed by atoms with Gasteiger partial charge in [-0.1, -0.05) is 12.1 Å². The number of aromatic nitrogens is 4. The molecule has 19 heavy (non-hydrogen) atoms. The molecule has 0 aliphatic carbocycles. The van der Waals surface area contributed by atoms with Crippen molar-refractivity contribution in [3.8, 4) is 11.6 Å². The van der Waals surface area contributed by atoms with Gasteiger partial charge < -0.3 is 9.84 Å². The van der Waals surface area contributed by atoms with Crippen molar-refractivity contribution in [2.45, 2.75) is 6.61 Å². The largest absolute Gasteiger partial charge is 0.439 e. The zero-order valence-corrected chi connectivity index (χ0v) is 9.78. The molecule has 0 saturated heterocycles. The van der Waals surface area contributed by atoms with Crippen molar-refractivity contribution in [3.05, 3.63) is 52.7 Å². The Morgan fingerprint density at radius 1 is 1.37 bits per heavy atom. The van der Waals surface area contributed by atoms with E-state index in [0.29, 0.717) is 17.3 Å². The van der Waals surface area contributed by atoms with E-state index in [2.05, 4.69) is 15.2 Å². The maximum atomic E-state index is 11.3. The van der Waals surface area contributed by atoms with Crippen molar-refractivity contribution in [1.82, 2.24) is 19.6 Å². The maximum Gasteiger partial charge on any atom is 0.348 e. The average molecular weight is 258 g/mol. The van der Waals surface area contributed by atoms with Gasteiger partial charge in [0.15, 0.2) is 5.65 Å². The van der Waals surface area contributed by atoms with E-state index in [9.17, 15) is 4.79 Å². The highest BCUT2D eigenvalue weighted by Gasteiger charge is 2.04. The third kappa shape index (κ3) is 2.18. The summed E-state index contributed by atoms with van der Waals surface area (Å²) in [5.41, 5.74) is 0.819. The van der Waals surface area contributed by atoms with E-state index in [0.717, 1.165) is 5.56 Å². The smallest absolute Gasteiger partial charge is 0.348 e. The molecular weight excluding hydrogens is 248 g/mol. The lowest BCUT2D eigenvalue weighted by Gasteiger charge is -2.05. The highest BCUT2D eigenvalue weighted by molar-refractivity contribution is 5.41. The van der Waals surface area contributed by atoms with Gasteiger partial charge in [0.05, 0.1) is 6.61 Å². The molecule has 0 aliphatic heterocycles. The Hall–Kier alpha value is -2.67. The number of aromatic amines is 1. The fourth-order valence-electron chi connectivity index (χ4n) is 1.68. The van der Waals surface area contributed by atoms with Crippen LogP contribution in [0.15, 0.2) is 41.5 Å². The molecule has 3 rings (SSSR count). The molecule has 0 atom stereocenters. The monoisotopic (exact) mass is 258 g/mol. The molecule has 0 radical (unpaired) electrons. The minimum absolute atomic E-state index is 0.0571. The Bertz CT molecular complexity index is 778. The molecule has 7 nitrogen and oxygen atoms in total. The third-order valence-electron chi connectivity index (χ3n) is 2.59. The molecule has 0 aliphatic rings. The molecule has 96 valence electrons. The number of aliphatic hydroxyl groups excluding tert-OH is 1. The van der Waals surface area contributed by atoms with Crippen LogP contribution in [0.5, 0.6) is 11.6 Å². The van der Waals surface area contributed by atoms with Crippen LogP contribution in [0.1, 0.15) is 5.56 Å². The van der Waals surface area contributed by atoms with Crippen molar-refractivity contribution in [2.75, 3.05) is 0 Å². The van der Waals surface area contributed by atoms with Crippen molar-refractivity contribution in [1.29, 1.82) is 0 Å². The van der Waals surface area contributed by atoms with Crippen LogP contribution in [-0.4, -0.2) is 24.7 Å². The van der Waals surface area contributed by atoms with Gasteiger partial charge in [-0.15, -0.1) is 0 Å². The summed E-state index contributed by atoms with van der Waals surface area (Å²) in [4.78, 5) is 15.3. The number of H-pyrrole nitrogens is 1. The number of hydrogen-bond acceptors (Lipinski definition) is 5. The first-order valence-electron chi connectivity index (χ1n) is 5.57. The zero-order valence-electron chi connectivity index (χ0n) is 9.78. The van der Waals surface area contributed by atoms with Crippen LogP contribution in [0.3, 0.4) is 0 Å². The normalized spacial score (nSPS) is 10.8. The molecular formula is C12H10N4O3. The molecule has 0 saturated carbocycles. The second-order valence-electron chi connectivity index (χ2n) is 3.89. The van der Waals surface area contributed by atoms with E-state index in [4.69, 9.17) is 9.84 Å². The molecule has 0 spiro atoms. The Kier molecular flexibility index (Phi) is 2.73. The first-order valence-corrected chi connectivity index (χ1v) is 5.57. The van der Waals surface area contributed by atoms with Crippen LogP contribution in [-0.2, 0) is 6.61 Å². The van der Waals surface area contributed by atoms with E-state index in [1.807, 2.05) is 0 Å². The summed E-state index contributed by atoms with van der Waals surface area (Å²) in [7, 11) is 0. The third-order valence-corrected chi connectivity index (χ3v) is 2.59. The van der Waals surface area contributed by atoms with Crippen molar-refractivity contribution >= 4 is 5.65 Å². The van der Waals surface area contributed by atoms with Crippen molar-refractivity contribution in [3.63, 3.8) is 0 Å². The lowest BCUT2D eigenvalue weighted by molar-refractivity contribution is 0.281. The van der Waals surface area contributed by atoms with Crippen LogP contribution in [0.25, 0.3) is 5.65 Å². The molecule has 2 N–H and O–H groups in total. The molecule has 0 unspecified atom stereocenters. The topological polar surface area (TPSA) is 92.5 Å². The summed E-state index contributed by atoms with van der Waals surface area (Å²) in [5.74, 6) is 0.878. The minimum atomic E-state index is -0.351. The van der Waals surface area contributed by atoms with Gasteiger partial charge in [-0.2, -0.15) is 5.10 Å². The van der Waals surface area contributed by atoms with E-state index in [1.54, 1.807) is 30.3 Å². The van der Waals surface area contributed by atoms with Gasteiger partial charge in [0.2, 0.25) is 5.88 Å². The number of nitrogens with zero attached hydrogens (tertiary/aromatic N) is 3. The number of rotatable bonds is 3. The molecule has 3 aromatic rings. The molecule has 2 aromatic heterocycles. The van der Waals surface area contributed by atoms with Gasteiger partial charge in [0, 0.05) is 6.07 Å². The Labute approximate surface area is 107 Å².